The molecule has 0 bridgehead atoms. The normalized spacial score (nSPS) is 10.3. The Morgan fingerprint density at radius 1 is 1.00 bits per heavy atom. The molecule has 1 aromatic heterocycles. The summed E-state index contributed by atoms with van der Waals surface area (Å²) in [4.78, 5) is 28.0. The molecule has 2 amide bonds. The second-order valence-electron chi connectivity index (χ2n) is 6.76. The third kappa shape index (κ3) is 5.67. The van der Waals surface area contributed by atoms with Gasteiger partial charge in [0, 0.05) is 31.4 Å². The largest absolute Gasteiger partial charge is 0.457 e. The zero-order chi connectivity index (χ0) is 21.3. The molecule has 0 saturated carbocycles. The predicted molar refractivity (Wildman–Crippen MR) is 117 cm³/mol. The predicted octanol–water partition coefficient (Wildman–Crippen LogP) is 4.37. The fraction of sp³-hybridized carbons (Fsp3) is 0.208. The van der Waals surface area contributed by atoms with Crippen LogP contribution in [0.3, 0.4) is 0 Å². The van der Waals surface area contributed by atoms with Gasteiger partial charge in [-0.25, -0.2) is 0 Å². The summed E-state index contributed by atoms with van der Waals surface area (Å²) in [6.45, 7) is 2.07. The maximum atomic E-state index is 12.3. The minimum absolute atomic E-state index is 0.00487. The first-order valence-corrected chi connectivity index (χ1v) is 9.91. The summed E-state index contributed by atoms with van der Waals surface area (Å²) in [6.07, 6.45) is 3.44. The summed E-state index contributed by atoms with van der Waals surface area (Å²) in [7, 11) is 1.55. The average molecular weight is 403 g/mol. The monoisotopic (exact) mass is 403 g/mol. The number of benzene rings is 2. The number of hydrogen-bond acceptors (Lipinski definition) is 4. The molecule has 3 aromatic rings. The Bertz CT molecular complexity index is 1020. The second kappa shape index (κ2) is 10.2. The van der Waals surface area contributed by atoms with E-state index < -0.39 is 0 Å². The van der Waals surface area contributed by atoms with E-state index in [1.807, 2.05) is 48.5 Å². The fourth-order valence-corrected chi connectivity index (χ4v) is 3.01. The van der Waals surface area contributed by atoms with Gasteiger partial charge in [0.25, 0.3) is 5.91 Å². The molecule has 6 nitrogen and oxygen atoms in total. The number of hydrogen-bond donors (Lipinski definition) is 2. The van der Waals surface area contributed by atoms with Gasteiger partial charge in [-0.3, -0.25) is 14.6 Å². The molecule has 0 saturated heterocycles. The van der Waals surface area contributed by atoms with Gasteiger partial charge in [0.1, 0.15) is 17.2 Å². The van der Waals surface area contributed by atoms with E-state index in [0.717, 1.165) is 23.2 Å². The van der Waals surface area contributed by atoms with Crippen LogP contribution in [0.15, 0.2) is 66.9 Å². The molecule has 0 unspecified atom stereocenters. The van der Waals surface area contributed by atoms with Gasteiger partial charge >= 0.3 is 0 Å². The molecule has 30 heavy (non-hydrogen) atoms. The van der Waals surface area contributed by atoms with E-state index in [4.69, 9.17) is 4.74 Å². The van der Waals surface area contributed by atoms with Crippen molar-refractivity contribution < 1.29 is 14.3 Å². The van der Waals surface area contributed by atoms with Crippen molar-refractivity contribution in [1.29, 1.82) is 0 Å². The molecule has 0 spiro atoms. The molecule has 2 aromatic carbocycles. The van der Waals surface area contributed by atoms with Crippen molar-refractivity contribution in [1.82, 2.24) is 10.3 Å². The van der Waals surface area contributed by atoms with Gasteiger partial charge in [-0.2, -0.15) is 0 Å². The molecule has 6 heteroatoms. The van der Waals surface area contributed by atoms with Crippen molar-refractivity contribution in [3.63, 3.8) is 0 Å². The lowest BCUT2D eigenvalue weighted by Crippen LogP contribution is -2.18. The third-order valence-corrected chi connectivity index (χ3v) is 4.66. The minimum atomic E-state index is -0.268. The van der Waals surface area contributed by atoms with Gasteiger partial charge < -0.3 is 15.4 Å². The van der Waals surface area contributed by atoms with Crippen LogP contribution in [0.25, 0.3) is 0 Å². The number of nitrogens with one attached hydrogen (secondary N) is 2. The van der Waals surface area contributed by atoms with Crippen molar-refractivity contribution in [2.45, 2.75) is 26.2 Å². The summed E-state index contributed by atoms with van der Waals surface area (Å²) in [5, 5.41) is 5.53. The van der Waals surface area contributed by atoms with E-state index in [9.17, 15) is 9.59 Å². The Kier molecular flexibility index (Phi) is 7.16. The fourth-order valence-electron chi connectivity index (χ4n) is 3.01. The van der Waals surface area contributed by atoms with Crippen LogP contribution in [0.5, 0.6) is 11.5 Å². The highest BCUT2D eigenvalue weighted by molar-refractivity contribution is 5.92. The number of para-hydroxylation sites is 1. The Labute approximate surface area is 176 Å². The first kappa shape index (κ1) is 21.0. The van der Waals surface area contributed by atoms with Gasteiger partial charge in [-0.05, 0) is 48.2 Å². The van der Waals surface area contributed by atoms with Crippen molar-refractivity contribution in [3.8, 4) is 11.5 Å². The molecule has 0 radical (unpaired) electrons. The van der Waals surface area contributed by atoms with Crippen LogP contribution in [0.4, 0.5) is 5.69 Å². The lowest BCUT2D eigenvalue weighted by Gasteiger charge is -2.10. The number of carbonyl (C=O) groups is 2. The highest BCUT2D eigenvalue weighted by Gasteiger charge is 2.08. The molecule has 0 aliphatic heterocycles. The summed E-state index contributed by atoms with van der Waals surface area (Å²) >= 11 is 0. The molecular formula is C24H25N3O3. The third-order valence-electron chi connectivity index (χ3n) is 4.66. The summed E-state index contributed by atoms with van der Waals surface area (Å²) in [6, 6.07) is 18.7. The van der Waals surface area contributed by atoms with E-state index in [1.165, 1.54) is 6.20 Å². The van der Waals surface area contributed by atoms with Crippen LogP contribution < -0.4 is 15.4 Å². The van der Waals surface area contributed by atoms with Crippen molar-refractivity contribution in [2.24, 2.45) is 0 Å². The molecule has 1 heterocycles. The molecule has 0 aliphatic rings. The van der Waals surface area contributed by atoms with Crippen LogP contribution in [0.2, 0.25) is 0 Å². The van der Waals surface area contributed by atoms with Crippen LogP contribution >= 0.6 is 0 Å². The van der Waals surface area contributed by atoms with Crippen molar-refractivity contribution >= 4 is 17.5 Å². The summed E-state index contributed by atoms with van der Waals surface area (Å²) in [5.74, 6) is 0.907. The molecule has 154 valence electrons. The molecule has 0 atom stereocenters. The van der Waals surface area contributed by atoms with Gasteiger partial charge in [-0.1, -0.05) is 37.3 Å². The highest BCUT2D eigenvalue weighted by atomic mass is 16.5. The molecule has 3 rings (SSSR count). The number of ether oxygens (including phenoxy) is 1. The molecule has 0 fully saturated rings. The van der Waals surface area contributed by atoms with Gasteiger partial charge in [0.15, 0.2) is 0 Å². The van der Waals surface area contributed by atoms with Crippen molar-refractivity contribution in [2.75, 3.05) is 12.4 Å². The standard InChI is InChI=1S/C24H25N3O3/c1-3-18-6-4-5-7-21(18)27-23(28)13-10-17-8-11-19(12-9-17)30-20-14-15-26-22(16-20)24(29)25-2/h4-9,11-12,14-16H,3,10,13H2,1-2H3,(H,25,29)(H,27,28). The number of rotatable bonds is 8. The van der Waals surface area contributed by atoms with E-state index >= 15 is 0 Å². The maximum Gasteiger partial charge on any atom is 0.269 e. The number of amides is 2. The SMILES string of the molecule is CCc1ccccc1NC(=O)CCc1ccc(Oc2ccnc(C(=O)NC)c2)cc1. The minimum Gasteiger partial charge on any atom is -0.457 e. The highest BCUT2D eigenvalue weighted by Crippen LogP contribution is 2.22. The van der Waals surface area contributed by atoms with Gasteiger partial charge in [0.05, 0.1) is 0 Å². The summed E-state index contributed by atoms with van der Waals surface area (Å²) in [5.41, 5.74) is 3.34. The smallest absolute Gasteiger partial charge is 0.269 e. The zero-order valence-electron chi connectivity index (χ0n) is 17.1. The molecule has 0 aliphatic carbocycles. The van der Waals surface area contributed by atoms with E-state index in [2.05, 4.69) is 22.5 Å². The van der Waals surface area contributed by atoms with Crippen molar-refractivity contribution in [3.05, 3.63) is 83.7 Å². The number of anilines is 1. The Balaban J connectivity index is 1.54. The van der Waals surface area contributed by atoms with E-state index in [-0.39, 0.29) is 11.8 Å². The van der Waals surface area contributed by atoms with E-state index in [1.54, 1.807) is 19.2 Å². The zero-order valence-corrected chi connectivity index (χ0v) is 17.1. The van der Waals surface area contributed by atoms with Gasteiger partial charge in [-0.15, -0.1) is 0 Å². The lowest BCUT2D eigenvalue weighted by molar-refractivity contribution is -0.116. The Hall–Kier alpha value is -3.67. The average Bonchev–Trinajstić information content (AvgIpc) is 2.78. The van der Waals surface area contributed by atoms with Crippen LogP contribution in [0.1, 0.15) is 35.0 Å². The molecular weight excluding hydrogens is 378 g/mol. The maximum absolute atomic E-state index is 12.3. The number of carbonyl (C=O) groups excluding carboxylic acids is 2. The van der Waals surface area contributed by atoms with Crippen LogP contribution in [0, 0.1) is 0 Å². The Morgan fingerprint density at radius 3 is 2.50 bits per heavy atom. The summed E-state index contributed by atoms with van der Waals surface area (Å²) < 4.78 is 5.80. The topological polar surface area (TPSA) is 80.3 Å². The molecule has 2 N–H and O–H groups in total. The number of nitrogens with zero attached hydrogens (tertiary/aromatic N) is 1. The first-order chi connectivity index (χ1) is 14.6. The number of aromatic nitrogens is 1. The van der Waals surface area contributed by atoms with Crippen LogP contribution in [-0.4, -0.2) is 23.8 Å². The van der Waals surface area contributed by atoms with Crippen LogP contribution in [-0.2, 0) is 17.6 Å². The van der Waals surface area contributed by atoms with E-state index in [0.29, 0.717) is 30.0 Å². The Morgan fingerprint density at radius 2 is 1.77 bits per heavy atom. The second-order valence-corrected chi connectivity index (χ2v) is 6.76. The quantitative estimate of drug-likeness (QED) is 0.585. The van der Waals surface area contributed by atoms with Gasteiger partial charge in [0.2, 0.25) is 5.91 Å². The number of aryl methyl sites for hydroxylation is 2. The first-order valence-electron chi connectivity index (χ1n) is 9.91. The lowest BCUT2D eigenvalue weighted by atomic mass is 10.1. The number of pyridine rings is 1.